The highest BCUT2D eigenvalue weighted by molar-refractivity contribution is 7.13. The van der Waals surface area contributed by atoms with Crippen molar-refractivity contribution in [1.29, 1.82) is 0 Å². The first kappa shape index (κ1) is 18.0. The maximum atomic E-state index is 12.3. The van der Waals surface area contributed by atoms with E-state index in [1.807, 2.05) is 10.7 Å². The molecule has 0 aliphatic carbocycles. The number of nitrogens with one attached hydrogen (secondary N) is 1. The summed E-state index contributed by atoms with van der Waals surface area (Å²) in [7, 11) is 0. The van der Waals surface area contributed by atoms with Crippen LogP contribution in [-0.2, 0) is 16.0 Å². The Morgan fingerprint density at radius 2 is 2.17 bits per heavy atom. The quantitative estimate of drug-likeness (QED) is 0.824. The Labute approximate surface area is 138 Å². The number of oxazole rings is 1. The van der Waals surface area contributed by atoms with Crippen molar-refractivity contribution in [2.75, 3.05) is 0 Å². The van der Waals surface area contributed by atoms with Gasteiger partial charge in [-0.1, -0.05) is 6.07 Å². The molecule has 24 heavy (non-hydrogen) atoms. The number of halogens is 3. The van der Waals surface area contributed by atoms with E-state index in [2.05, 4.69) is 4.98 Å². The molecule has 130 valence electrons. The van der Waals surface area contributed by atoms with Gasteiger partial charge < -0.3 is 14.8 Å². The van der Waals surface area contributed by atoms with Gasteiger partial charge in [-0.15, -0.1) is 11.3 Å². The number of aliphatic carboxylic acids is 1. The van der Waals surface area contributed by atoms with Crippen molar-refractivity contribution in [3.8, 4) is 10.8 Å². The van der Waals surface area contributed by atoms with Crippen LogP contribution in [0.15, 0.2) is 21.9 Å². The van der Waals surface area contributed by atoms with E-state index in [-0.39, 0.29) is 12.1 Å². The van der Waals surface area contributed by atoms with Crippen LogP contribution in [0, 0.1) is 6.92 Å². The van der Waals surface area contributed by atoms with Crippen LogP contribution in [0.3, 0.4) is 0 Å². The SMILES string of the molecule is Cc1oc(-c2cccs2)nc1CC(=O)NC(CC(F)(F)F)C(=O)O. The second-order valence-corrected chi connectivity index (χ2v) is 5.90. The van der Waals surface area contributed by atoms with E-state index in [9.17, 15) is 22.8 Å². The molecule has 10 heteroatoms. The summed E-state index contributed by atoms with van der Waals surface area (Å²) in [5, 5.41) is 12.5. The zero-order valence-corrected chi connectivity index (χ0v) is 13.2. The van der Waals surface area contributed by atoms with Crippen LogP contribution in [0.5, 0.6) is 0 Å². The maximum Gasteiger partial charge on any atom is 0.391 e. The molecule has 2 aromatic rings. The minimum atomic E-state index is -4.70. The summed E-state index contributed by atoms with van der Waals surface area (Å²) in [6.07, 6.45) is -6.72. The first-order valence-corrected chi connectivity index (χ1v) is 7.63. The molecule has 6 nitrogen and oxygen atoms in total. The third kappa shape index (κ3) is 4.82. The van der Waals surface area contributed by atoms with Crippen LogP contribution in [0.1, 0.15) is 17.9 Å². The molecule has 0 radical (unpaired) electrons. The van der Waals surface area contributed by atoms with E-state index in [0.717, 1.165) is 4.88 Å². The van der Waals surface area contributed by atoms with E-state index in [1.165, 1.54) is 11.3 Å². The van der Waals surface area contributed by atoms with Gasteiger partial charge in [-0.2, -0.15) is 13.2 Å². The molecule has 0 fully saturated rings. The van der Waals surface area contributed by atoms with Gasteiger partial charge in [0.15, 0.2) is 0 Å². The Hall–Kier alpha value is -2.36. The fourth-order valence-corrected chi connectivity index (χ4v) is 2.58. The number of carbonyl (C=O) groups is 2. The molecule has 0 aromatic carbocycles. The number of carboxylic acid groups (broad SMARTS) is 1. The molecule has 2 N–H and O–H groups in total. The minimum Gasteiger partial charge on any atom is -0.480 e. The maximum absolute atomic E-state index is 12.3. The van der Waals surface area contributed by atoms with E-state index in [4.69, 9.17) is 9.52 Å². The van der Waals surface area contributed by atoms with Crippen LogP contribution in [0.4, 0.5) is 13.2 Å². The van der Waals surface area contributed by atoms with E-state index < -0.39 is 30.5 Å². The lowest BCUT2D eigenvalue weighted by Gasteiger charge is -2.15. The number of carbonyl (C=O) groups excluding carboxylic acids is 1. The van der Waals surface area contributed by atoms with Crippen molar-refractivity contribution >= 4 is 23.2 Å². The van der Waals surface area contributed by atoms with Crippen molar-refractivity contribution in [3.63, 3.8) is 0 Å². The Balaban J connectivity index is 2.05. The molecule has 0 spiro atoms. The predicted molar refractivity (Wildman–Crippen MR) is 78.5 cm³/mol. The summed E-state index contributed by atoms with van der Waals surface area (Å²) in [5.41, 5.74) is 0.243. The van der Waals surface area contributed by atoms with Gasteiger partial charge in [0.1, 0.15) is 11.8 Å². The highest BCUT2D eigenvalue weighted by Crippen LogP contribution is 2.26. The van der Waals surface area contributed by atoms with Crippen LogP contribution in [-0.4, -0.2) is 34.2 Å². The van der Waals surface area contributed by atoms with Gasteiger partial charge in [0, 0.05) is 0 Å². The van der Waals surface area contributed by atoms with Crippen LogP contribution in [0.25, 0.3) is 10.8 Å². The predicted octanol–water partition coefficient (Wildman–Crippen LogP) is 2.78. The highest BCUT2D eigenvalue weighted by Gasteiger charge is 2.36. The highest BCUT2D eigenvalue weighted by atomic mass is 32.1. The molecular formula is C14H13F3N2O4S. The number of hydrogen-bond donors (Lipinski definition) is 2. The lowest BCUT2D eigenvalue weighted by atomic mass is 10.2. The summed E-state index contributed by atoms with van der Waals surface area (Å²) in [6.45, 7) is 1.57. The molecule has 0 saturated carbocycles. The zero-order chi connectivity index (χ0) is 17.9. The monoisotopic (exact) mass is 362 g/mol. The summed E-state index contributed by atoms with van der Waals surface area (Å²) >= 11 is 1.38. The van der Waals surface area contributed by atoms with Crippen molar-refractivity contribution in [2.45, 2.75) is 32.0 Å². The molecule has 0 bridgehead atoms. The second kappa shape index (κ2) is 7.04. The standard InChI is InChI=1S/C14H13F3N2O4S/c1-7-8(19-12(23-7)10-3-2-4-24-10)5-11(20)18-9(13(21)22)6-14(15,16)17/h2-4,9H,5-6H2,1H3,(H,18,20)(H,21,22). The summed E-state index contributed by atoms with van der Waals surface area (Å²) in [6, 6.07) is 1.52. The van der Waals surface area contributed by atoms with Crippen molar-refractivity contribution in [3.05, 3.63) is 29.0 Å². The number of amides is 1. The molecule has 0 aliphatic heterocycles. The fraction of sp³-hybridized carbons (Fsp3) is 0.357. The average Bonchev–Trinajstić information content (AvgIpc) is 3.07. The van der Waals surface area contributed by atoms with Gasteiger partial charge in [0.2, 0.25) is 11.8 Å². The largest absolute Gasteiger partial charge is 0.480 e. The Morgan fingerprint density at radius 1 is 1.46 bits per heavy atom. The molecule has 1 amide bonds. The number of thiophene rings is 1. The number of carboxylic acids is 1. The van der Waals surface area contributed by atoms with Gasteiger partial charge in [-0.25, -0.2) is 9.78 Å². The number of hydrogen-bond acceptors (Lipinski definition) is 5. The Morgan fingerprint density at radius 3 is 2.71 bits per heavy atom. The normalized spacial score (nSPS) is 12.8. The topological polar surface area (TPSA) is 92.4 Å². The number of nitrogens with zero attached hydrogens (tertiary/aromatic N) is 1. The molecule has 2 aromatic heterocycles. The minimum absolute atomic E-state index is 0.243. The second-order valence-electron chi connectivity index (χ2n) is 4.95. The lowest BCUT2D eigenvalue weighted by Crippen LogP contribution is -2.44. The van der Waals surface area contributed by atoms with Crippen molar-refractivity contribution < 1.29 is 32.3 Å². The first-order chi connectivity index (χ1) is 11.2. The first-order valence-electron chi connectivity index (χ1n) is 6.75. The molecule has 2 heterocycles. The fourth-order valence-electron chi connectivity index (χ4n) is 1.93. The molecule has 2 rings (SSSR count). The van der Waals surface area contributed by atoms with Crippen molar-refractivity contribution in [2.24, 2.45) is 0 Å². The number of alkyl halides is 3. The van der Waals surface area contributed by atoms with E-state index in [1.54, 1.807) is 19.1 Å². The van der Waals surface area contributed by atoms with Gasteiger partial charge >= 0.3 is 12.1 Å². The smallest absolute Gasteiger partial charge is 0.391 e. The van der Waals surface area contributed by atoms with E-state index in [0.29, 0.717) is 11.7 Å². The third-order valence-corrected chi connectivity index (χ3v) is 3.88. The number of aromatic nitrogens is 1. The molecule has 1 atom stereocenters. The Kier molecular flexibility index (Phi) is 5.27. The van der Waals surface area contributed by atoms with Crippen LogP contribution in [0.2, 0.25) is 0 Å². The van der Waals surface area contributed by atoms with Crippen LogP contribution >= 0.6 is 11.3 Å². The molecule has 0 aliphatic rings. The molecule has 1 unspecified atom stereocenters. The summed E-state index contributed by atoms with van der Waals surface area (Å²) < 4.78 is 42.4. The molecule has 0 saturated heterocycles. The van der Waals surface area contributed by atoms with Gasteiger partial charge in [0.25, 0.3) is 0 Å². The van der Waals surface area contributed by atoms with Gasteiger partial charge in [0.05, 0.1) is 23.4 Å². The average molecular weight is 362 g/mol. The van der Waals surface area contributed by atoms with Crippen LogP contribution < -0.4 is 5.32 Å². The molecular weight excluding hydrogens is 349 g/mol. The third-order valence-electron chi connectivity index (χ3n) is 3.02. The van der Waals surface area contributed by atoms with Crippen molar-refractivity contribution in [1.82, 2.24) is 10.3 Å². The summed E-state index contributed by atoms with van der Waals surface area (Å²) in [5.74, 6) is -1.98. The summed E-state index contributed by atoms with van der Waals surface area (Å²) in [4.78, 5) is 27.6. The number of aryl methyl sites for hydroxylation is 1. The van der Waals surface area contributed by atoms with E-state index >= 15 is 0 Å². The van der Waals surface area contributed by atoms with Gasteiger partial charge in [-0.3, -0.25) is 4.79 Å². The lowest BCUT2D eigenvalue weighted by molar-refractivity contribution is -0.159. The van der Waals surface area contributed by atoms with Gasteiger partial charge in [-0.05, 0) is 18.4 Å². The zero-order valence-electron chi connectivity index (χ0n) is 12.4. The Bertz CT molecular complexity index is 725. The number of rotatable bonds is 6.